The number of carbonyl (C=O) groups is 1. The predicted molar refractivity (Wildman–Crippen MR) is 53.9 cm³/mol. The first-order valence-corrected chi connectivity index (χ1v) is 4.65. The van der Waals surface area contributed by atoms with E-state index >= 15 is 0 Å². The fourth-order valence-corrected chi connectivity index (χ4v) is 1.55. The van der Waals surface area contributed by atoms with Gasteiger partial charge in [-0.25, -0.2) is 14.8 Å². The van der Waals surface area contributed by atoms with Crippen LogP contribution in [0.15, 0.2) is 12.4 Å². The van der Waals surface area contributed by atoms with E-state index in [-0.39, 0.29) is 5.69 Å². The lowest BCUT2D eigenvalue weighted by atomic mass is 10.1. The van der Waals surface area contributed by atoms with E-state index in [9.17, 15) is 4.79 Å². The van der Waals surface area contributed by atoms with Crippen LogP contribution < -0.4 is 5.32 Å². The van der Waals surface area contributed by atoms with Crippen LogP contribution in [0, 0.1) is 0 Å². The van der Waals surface area contributed by atoms with Crippen molar-refractivity contribution in [1.29, 1.82) is 0 Å². The lowest BCUT2D eigenvalue weighted by molar-refractivity contribution is 0.0690. The third kappa shape index (κ3) is 2.21. The quantitative estimate of drug-likeness (QED) is 0.722. The average molecular weight is 208 g/mol. The summed E-state index contributed by atoms with van der Waals surface area (Å²) in [6, 6.07) is 1.80. The average Bonchev–Trinajstić information content (AvgIpc) is 2.16. The molecular weight excluding hydrogens is 196 g/mol. The van der Waals surface area contributed by atoms with E-state index in [1.54, 1.807) is 0 Å². The summed E-state index contributed by atoms with van der Waals surface area (Å²) in [5.74, 6) is -0.466. The van der Waals surface area contributed by atoms with Crippen LogP contribution in [0.3, 0.4) is 0 Å². The van der Waals surface area contributed by atoms with Gasteiger partial charge >= 0.3 is 5.97 Å². The number of nitrogens with zero attached hydrogens (tertiary/aromatic N) is 3. The Kier molecular flexibility index (Phi) is 2.51. The molecule has 6 nitrogen and oxygen atoms in total. The highest BCUT2D eigenvalue weighted by Gasteiger charge is 2.23. The van der Waals surface area contributed by atoms with E-state index in [0.717, 1.165) is 13.1 Å². The molecule has 0 bridgehead atoms. The van der Waals surface area contributed by atoms with Crippen molar-refractivity contribution in [1.82, 2.24) is 14.9 Å². The van der Waals surface area contributed by atoms with Crippen molar-refractivity contribution in [3.05, 3.63) is 18.1 Å². The first-order chi connectivity index (χ1) is 7.15. The monoisotopic (exact) mass is 208 g/mol. The van der Waals surface area contributed by atoms with Crippen molar-refractivity contribution < 1.29 is 9.90 Å². The molecular formula is C9H12N4O2. The van der Waals surface area contributed by atoms with E-state index in [4.69, 9.17) is 5.11 Å². The summed E-state index contributed by atoms with van der Waals surface area (Å²) in [6.45, 7) is 1.90. The molecule has 1 aliphatic heterocycles. The van der Waals surface area contributed by atoms with Gasteiger partial charge in [-0.1, -0.05) is 0 Å². The Hall–Kier alpha value is -1.69. The summed E-state index contributed by atoms with van der Waals surface area (Å²) in [4.78, 5) is 20.4. The number of carboxylic acids is 1. The molecule has 1 fully saturated rings. The number of carboxylic acid groups (broad SMARTS) is 1. The summed E-state index contributed by atoms with van der Waals surface area (Å²) < 4.78 is 0. The highest BCUT2D eigenvalue weighted by Crippen LogP contribution is 2.11. The van der Waals surface area contributed by atoms with Gasteiger partial charge in [-0.05, 0) is 7.05 Å². The third-order valence-corrected chi connectivity index (χ3v) is 2.30. The molecule has 0 amide bonds. The van der Waals surface area contributed by atoms with Crippen molar-refractivity contribution in [2.45, 2.75) is 6.04 Å². The summed E-state index contributed by atoms with van der Waals surface area (Å²) in [5.41, 5.74) is 0.0141. The third-order valence-electron chi connectivity index (χ3n) is 2.30. The van der Waals surface area contributed by atoms with Gasteiger partial charge in [-0.3, -0.25) is 0 Å². The molecule has 0 aliphatic carbocycles. The smallest absolute Gasteiger partial charge is 0.354 e. The van der Waals surface area contributed by atoms with Crippen molar-refractivity contribution in [3.8, 4) is 0 Å². The summed E-state index contributed by atoms with van der Waals surface area (Å²) >= 11 is 0. The number of aromatic nitrogens is 2. The van der Waals surface area contributed by atoms with Crippen LogP contribution in [-0.4, -0.2) is 52.1 Å². The zero-order chi connectivity index (χ0) is 10.8. The van der Waals surface area contributed by atoms with E-state index in [1.165, 1.54) is 12.4 Å². The largest absolute Gasteiger partial charge is 0.477 e. The zero-order valence-corrected chi connectivity index (χ0v) is 8.34. The van der Waals surface area contributed by atoms with Crippen molar-refractivity contribution >= 4 is 11.8 Å². The SMILES string of the molecule is CN1CC(Nc2cc(C(=O)O)ncn2)C1. The molecule has 0 radical (unpaired) electrons. The van der Waals surface area contributed by atoms with Crippen LogP contribution in [0.4, 0.5) is 5.82 Å². The molecule has 1 aromatic rings. The van der Waals surface area contributed by atoms with E-state index in [2.05, 4.69) is 20.2 Å². The molecule has 1 aliphatic rings. The molecule has 15 heavy (non-hydrogen) atoms. The Morgan fingerprint density at radius 3 is 2.93 bits per heavy atom. The normalized spacial score (nSPS) is 17.1. The maximum atomic E-state index is 10.6. The fourth-order valence-electron chi connectivity index (χ4n) is 1.55. The minimum Gasteiger partial charge on any atom is -0.477 e. The number of anilines is 1. The second-order valence-electron chi connectivity index (χ2n) is 3.66. The van der Waals surface area contributed by atoms with Gasteiger partial charge in [0, 0.05) is 19.2 Å². The summed E-state index contributed by atoms with van der Waals surface area (Å²) in [7, 11) is 2.03. The number of likely N-dealkylation sites (tertiary alicyclic amines) is 1. The molecule has 6 heteroatoms. The molecule has 1 saturated heterocycles. The van der Waals surface area contributed by atoms with Crippen molar-refractivity contribution in [3.63, 3.8) is 0 Å². The first kappa shape index (κ1) is 9.85. The summed E-state index contributed by atoms with van der Waals surface area (Å²) in [6.07, 6.45) is 1.26. The highest BCUT2D eigenvalue weighted by molar-refractivity contribution is 5.86. The summed E-state index contributed by atoms with van der Waals surface area (Å²) in [5, 5.41) is 11.9. The zero-order valence-electron chi connectivity index (χ0n) is 8.34. The highest BCUT2D eigenvalue weighted by atomic mass is 16.4. The van der Waals surface area contributed by atoms with E-state index < -0.39 is 5.97 Å². The Balaban J connectivity index is 2.02. The molecule has 2 heterocycles. The van der Waals surface area contributed by atoms with Crippen LogP contribution >= 0.6 is 0 Å². The van der Waals surface area contributed by atoms with Crippen molar-refractivity contribution in [2.24, 2.45) is 0 Å². The molecule has 0 aromatic carbocycles. The lowest BCUT2D eigenvalue weighted by Crippen LogP contribution is -2.52. The Morgan fingerprint density at radius 2 is 2.33 bits per heavy atom. The van der Waals surface area contributed by atoms with Crippen molar-refractivity contribution in [2.75, 3.05) is 25.5 Å². The van der Waals surface area contributed by atoms with Gasteiger partial charge in [-0.2, -0.15) is 0 Å². The molecule has 2 N–H and O–H groups in total. The molecule has 1 aromatic heterocycles. The lowest BCUT2D eigenvalue weighted by Gasteiger charge is -2.36. The van der Waals surface area contributed by atoms with Gasteiger partial charge in [0.2, 0.25) is 0 Å². The molecule has 0 spiro atoms. The number of rotatable bonds is 3. The van der Waals surface area contributed by atoms with E-state index in [1.807, 2.05) is 7.05 Å². The Labute approximate surface area is 87.0 Å². The number of hydrogen-bond acceptors (Lipinski definition) is 5. The van der Waals surface area contributed by atoms with Crippen LogP contribution in [0.5, 0.6) is 0 Å². The topological polar surface area (TPSA) is 78.4 Å². The number of hydrogen-bond donors (Lipinski definition) is 2. The molecule has 0 atom stereocenters. The second-order valence-corrected chi connectivity index (χ2v) is 3.66. The molecule has 2 rings (SSSR count). The minimum absolute atomic E-state index is 0.0141. The van der Waals surface area contributed by atoms with Crippen LogP contribution in [0.2, 0.25) is 0 Å². The van der Waals surface area contributed by atoms with Gasteiger partial charge in [0.15, 0.2) is 5.69 Å². The van der Waals surface area contributed by atoms with Gasteiger partial charge in [0.25, 0.3) is 0 Å². The maximum Gasteiger partial charge on any atom is 0.354 e. The maximum absolute atomic E-state index is 10.6. The van der Waals surface area contributed by atoms with Gasteiger partial charge in [0.05, 0.1) is 6.04 Å². The molecule has 0 unspecified atom stereocenters. The van der Waals surface area contributed by atoms with Gasteiger partial charge < -0.3 is 15.3 Å². The van der Waals surface area contributed by atoms with Gasteiger partial charge in [-0.15, -0.1) is 0 Å². The van der Waals surface area contributed by atoms with Gasteiger partial charge in [0.1, 0.15) is 12.1 Å². The van der Waals surface area contributed by atoms with Crippen LogP contribution in [0.25, 0.3) is 0 Å². The van der Waals surface area contributed by atoms with Crippen LogP contribution in [-0.2, 0) is 0 Å². The number of likely N-dealkylation sites (N-methyl/N-ethyl adjacent to an activating group) is 1. The van der Waals surface area contributed by atoms with E-state index in [0.29, 0.717) is 11.9 Å². The fraction of sp³-hybridized carbons (Fsp3) is 0.444. The molecule has 0 saturated carbocycles. The first-order valence-electron chi connectivity index (χ1n) is 4.65. The number of aromatic carboxylic acids is 1. The van der Waals surface area contributed by atoms with Crippen LogP contribution in [0.1, 0.15) is 10.5 Å². The second kappa shape index (κ2) is 3.82. The molecule has 80 valence electrons. The minimum atomic E-state index is -1.04. The predicted octanol–water partition coefficient (Wildman–Crippen LogP) is -0.0993. The Morgan fingerprint density at radius 1 is 1.60 bits per heavy atom. The number of nitrogens with one attached hydrogen (secondary N) is 1. The Bertz CT molecular complexity index is 376. The standard InChI is InChI=1S/C9H12N4O2/c1-13-3-6(4-13)12-8-2-7(9(14)15)10-5-11-8/h2,5-6H,3-4H2,1H3,(H,14,15)(H,10,11,12).